The van der Waals surface area contributed by atoms with Gasteiger partial charge in [0.1, 0.15) is 5.76 Å². The summed E-state index contributed by atoms with van der Waals surface area (Å²) in [5, 5.41) is 8.45. The van der Waals surface area contributed by atoms with Gasteiger partial charge < -0.3 is 9.84 Å². The number of carbonyl (C=O) groups is 2. The number of carbonyl (C=O) groups excluding carboxylic acids is 1. The number of ether oxygens (including phenoxy) is 1. The quantitative estimate of drug-likeness (QED) is 0.440. The SMILES string of the molecule is CC(C(=O)O)=C1C=CC(=O)O1. The maximum Gasteiger partial charge on any atom is 0.336 e. The summed E-state index contributed by atoms with van der Waals surface area (Å²) >= 11 is 0. The van der Waals surface area contributed by atoms with E-state index in [1.165, 1.54) is 19.1 Å². The van der Waals surface area contributed by atoms with Gasteiger partial charge in [0.05, 0.1) is 5.57 Å². The average molecular weight is 154 g/mol. The molecule has 0 radical (unpaired) electrons. The molecular weight excluding hydrogens is 148 g/mol. The van der Waals surface area contributed by atoms with E-state index in [0.29, 0.717) is 0 Å². The maximum absolute atomic E-state index is 10.4. The maximum atomic E-state index is 10.4. The fraction of sp³-hybridized carbons (Fsp3) is 0.143. The summed E-state index contributed by atoms with van der Waals surface area (Å²) in [4.78, 5) is 20.8. The van der Waals surface area contributed by atoms with Gasteiger partial charge in [-0.2, -0.15) is 0 Å². The van der Waals surface area contributed by atoms with E-state index in [0.717, 1.165) is 0 Å². The minimum Gasteiger partial charge on any atom is -0.478 e. The van der Waals surface area contributed by atoms with Crippen LogP contribution in [0.15, 0.2) is 23.5 Å². The molecule has 1 aliphatic heterocycles. The Bertz CT molecular complexity index is 272. The molecule has 1 N–H and O–H groups in total. The van der Waals surface area contributed by atoms with Gasteiger partial charge in [0.2, 0.25) is 0 Å². The lowest BCUT2D eigenvalue weighted by atomic mass is 10.2. The van der Waals surface area contributed by atoms with Gasteiger partial charge in [0, 0.05) is 6.08 Å². The van der Waals surface area contributed by atoms with E-state index in [4.69, 9.17) is 5.11 Å². The number of cyclic esters (lactones) is 1. The van der Waals surface area contributed by atoms with Crippen LogP contribution >= 0.6 is 0 Å². The van der Waals surface area contributed by atoms with Gasteiger partial charge in [-0.1, -0.05) is 0 Å². The minimum absolute atomic E-state index is 0.0344. The van der Waals surface area contributed by atoms with Crippen LogP contribution in [0.2, 0.25) is 0 Å². The Morgan fingerprint density at radius 1 is 1.55 bits per heavy atom. The number of rotatable bonds is 1. The Morgan fingerprint density at radius 2 is 2.18 bits per heavy atom. The predicted octanol–water partition coefficient (Wildman–Crippen LogP) is 0.458. The molecule has 0 saturated carbocycles. The topological polar surface area (TPSA) is 63.6 Å². The molecule has 0 fully saturated rings. The van der Waals surface area contributed by atoms with Crippen LogP contribution in [0.3, 0.4) is 0 Å². The minimum atomic E-state index is -1.08. The zero-order valence-corrected chi connectivity index (χ0v) is 5.83. The summed E-state index contributed by atoms with van der Waals surface area (Å²) in [7, 11) is 0. The summed E-state index contributed by atoms with van der Waals surface area (Å²) in [6.45, 7) is 1.38. The van der Waals surface area contributed by atoms with Crippen molar-refractivity contribution in [2.45, 2.75) is 6.92 Å². The first-order valence-electron chi connectivity index (χ1n) is 2.95. The average Bonchev–Trinajstić information content (AvgIpc) is 2.34. The van der Waals surface area contributed by atoms with E-state index in [1.807, 2.05) is 0 Å². The van der Waals surface area contributed by atoms with Crippen LogP contribution in [0.5, 0.6) is 0 Å². The molecule has 0 aromatic heterocycles. The molecule has 0 atom stereocenters. The summed E-state index contributed by atoms with van der Waals surface area (Å²) in [6.07, 6.45) is 2.52. The van der Waals surface area contributed by atoms with Crippen molar-refractivity contribution >= 4 is 11.9 Å². The number of esters is 1. The molecule has 1 rings (SSSR count). The summed E-state index contributed by atoms with van der Waals surface area (Å²) < 4.78 is 4.53. The molecule has 0 saturated heterocycles. The third-order valence-electron chi connectivity index (χ3n) is 1.27. The van der Waals surface area contributed by atoms with Crippen molar-refractivity contribution in [3.05, 3.63) is 23.5 Å². The molecule has 1 heterocycles. The fourth-order valence-electron chi connectivity index (χ4n) is 0.627. The standard InChI is InChI=1S/C7H6O4/c1-4(7(9)10)5-2-3-6(8)11-5/h2-3H,1H3,(H,9,10). The van der Waals surface area contributed by atoms with Crippen LogP contribution < -0.4 is 0 Å². The Hall–Kier alpha value is -1.58. The van der Waals surface area contributed by atoms with Crippen molar-refractivity contribution in [1.29, 1.82) is 0 Å². The van der Waals surface area contributed by atoms with Crippen LogP contribution in [0.25, 0.3) is 0 Å². The molecular formula is C7H6O4. The number of carboxylic acid groups (broad SMARTS) is 1. The number of aliphatic carboxylic acids is 1. The molecule has 0 aromatic rings. The van der Waals surface area contributed by atoms with E-state index in [9.17, 15) is 9.59 Å². The highest BCUT2D eigenvalue weighted by atomic mass is 16.5. The van der Waals surface area contributed by atoms with Crippen LogP contribution in [-0.2, 0) is 14.3 Å². The normalized spacial score (nSPS) is 19.9. The fourth-order valence-corrected chi connectivity index (χ4v) is 0.627. The lowest BCUT2D eigenvalue weighted by Crippen LogP contribution is -2.01. The molecule has 58 valence electrons. The molecule has 0 aromatic carbocycles. The van der Waals surface area contributed by atoms with Crippen LogP contribution in [0.1, 0.15) is 6.92 Å². The number of allylic oxidation sites excluding steroid dienone is 1. The van der Waals surface area contributed by atoms with Crippen molar-refractivity contribution in [1.82, 2.24) is 0 Å². The van der Waals surface area contributed by atoms with E-state index in [-0.39, 0.29) is 11.3 Å². The summed E-state index contributed by atoms with van der Waals surface area (Å²) in [6, 6.07) is 0. The van der Waals surface area contributed by atoms with Gasteiger partial charge in [-0.05, 0) is 13.0 Å². The smallest absolute Gasteiger partial charge is 0.336 e. The second kappa shape index (κ2) is 2.57. The molecule has 0 unspecified atom stereocenters. The van der Waals surface area contributed by atoms with Gasteiger partial charge >= 0.3 is 11.9 Å². The molecule has 11 heavy (non-hydrogen) atoms. The van der Waals surface area contributed by atoms with Crippen molar-refractivity contribution in [3.63, 3.8) is 0 Å². The number of hydrogen-bond donors (Lipinski definition) is 1. The van der Waals surface area contributed by atoms with Gasteiger partial charge in [0.25, 0.3) is 0 Å². The third-order valence-corrected chi connectivity index (χ3v) is 1.27. The highest BCUT2D eigenvalue weighted by Gasteiger charge is 2.15. The predicted molar refractivity (Wildman–Crippen MR) is 35.6 cm³/mol. The van der Waals surface area contributed by atoms with Crippen LogP contribution in [0.4, 0.5) is 0 Å². The van der Waals surface area contributed by atoms with Gasteiger partial charge in [0.15, 0.2) is 0 Å². The largest absolute Gasteiger partial charge is 0.478 e. The summed E-state index contributed by atoms with van der Waals surface area (Å²) in [5.74, 6) is -1.50. The molecule has 4 nitrogen and oxygen atoms in total. The first-order valence-corrected chi connectivity index (χ1v) is 2.95. The summed E-state index contributed by atoms with van der Waals surface area (Å²) in [5.41, 5.74) is 0.0344. The Labute approximate surface area is 62.8 Å². The number of carboxylic acids is 1. The van der Waals surface area contributed by atoms with E-state index in [2.05, 4.69) is 4.74 Å². The van der Waals surface area contributed by atoms with Crippen molar-refractivity contribution in [2.24, 2.45) is 0 Å². The lowest BCUT2D eigenvalue weighted by molar-refractivity contribution is -0.133. The Balaban J connectivity index is 2.92. The van der Waals surface area contributed by atoms with E-state index < -0.39 is 11.9 Å². The first kappa shape index (κ1) is 7.53. The van der Waals surface area contributed by atoms with Crippen molar-refractivity contribution in [2.75, 3.05) is 0 Å². The third kappa shape index (κ3) is 1.46. The molecule has 0 amide bonds. The van der Waals surface area contributed by atoms with Gasteiger partial charge in [-0.15, -0.1) is 0 Å². The zero-order chi connectivity index (χ0) is 8.43. The van der Waals surface area contributed by atoms with Gasteiger partial charge in [-0.25, -0.2) is 9.59 Å². The molecule has 0 bridgehead atoms. The second-order valence-electron chi connectivity index (χ2n) is 2.05. The van der Waals surface area contributed by atoms with E-state index in [1.54, 1.807) is 0 Å². The number of hydrogen-bond acceptors (Lipinski definition) is 3. The van der Waals surface area contributed by atoms with Crippen molar-refractivity contribution < 1.29 is 19.4 Å². The molecule has 0 aliphatic carbocycles. The first-order chi connectivity index (χ1) is 5.11. The van der Waals surface area contributed by atoms with Gasteiger partial charge in [-0.3, -0.25) is 0 Å². The molecule has 4 heteroatoms. The second-order valence-corrected chi connectivity index (χ2v) is 2.05. The Kier molecular flexibility index (Phi) is 1.76. The highest BCUT2D eigenvalue weighted by Crippen LogP contribution is 2.13. The lowest BCUT2D eigenvalue weighted by Gasteiger charge is -1.97. The molecule has 1 aliphatic rings. The van der Waals surface area contributed by atoms with Crippen molar-refractivity contribution in [3.8, 4) is 0 Å². The molecule has 0 spiro atoms. The van der Waals surface area contributed by atoms with Crippen LogP contribution in [0, 0.1) is 0 Å². The van der Waals surface area contributed by atoms with E-state index >= 15 is 0 Å². The van der Waals surface area contributed by atoms with Crippen LogP contribution in [-0.4, -0.2) is 17.0 Å². The Morgan fingerprint density at radius 3 is 2.55 bits per heavy atom. The highest BCUT2D eigenvalue weighted by molar-refractivity contribution is 5.92. The monoisotopic (exact) mass is 154 g/mol. The zero-order valence-electron chi connectivity index (χ0n) is 5.83.